The first kappa shape index (κ1) is 12.7. The van der Waals surface area contributed by atoms with E-state index in [2.05, 4.69) is 0 Å². The number of allylic oxidation sites excluding steroid dienone is 1. The van der Waals surface area contributed by atoms with Crippen molar-refractivity contribution < 1.29 is 18.8 Å². The molecule has 7 heteroatoms. The average molecular weight is 271 g/mol. The molecule has 1 aromatic rings. The minimum Gasteiger partial charge on any atom is -0.434 e. The Balaban J connectivity index is 2.53. The van der Waals surface area contributed by atoms with Gasteiger partial charge in [0.05, 0.1) is 15.4 Å². The van der Waals surface area contributed by atoms with E-state index in [0.717, 1.165) is 11.3 Å². The fourth-order valence-electron chi connectivity index (χ4n) is 2.09. The Kier molecular flexibility index (Phi) is 3.16. The van der Waals surface area contributed by atoms with Crippen molar-refractivity contribution in [3.8, 4) is 0 Å². The Morgan fingerprint density at radius 2 is 2.28 bits per heavy atom. The third-order valence-electron chi connectivity index (χ3n) is 2.79. The summed E-state index contributed by atoms with van der Waals surface area (Å²) >= 11 is 1.05. The van der Waals surface area contributed by atoms with Crippen LogP contribution in [0.4, 0.5) is 4.39 Å². The van der Waals surface area contributed by atoms with Crippen LogP contribution in [0, 0.1) is 15.9 Å². The highest BCUT2D eigenvalue weighted by Crippen LogP contribution is 2.42. The second-order valence-corrected chi connectivity index (χ2v) is 4.88. The molecule has 0 amide bonds. The molecule has 5 nitrogen and oxygen atoms in total. The first-order valence-corrected chi connectivity index (χ1v) is 6.06. The summed E-state index contributed by atoms with van der Waals surface area (Å²) in [6.45, 7) is 2.78. The third kappa shape index (κ3) is 1.90. The number of hydrogen-bond acceptors (Lipinski definition) is 5. The zero-order chi connectivity index (χ0) is 13.4. The van der Waals surface area contributed by atoms with Gasteiger partial charge in [-0.05, 0) is 25.3 Å². The summed E-state index contributed by atoms with van der Waals surface area (Å²) in [4.78, 5) is 22.1. The minimum atomic E-state index is -1.43. The molecule has 2 rings (SSSR count). The highest BCUT2D eigenvalue weighted by atomic mass is 32.1. The number of ether oxygens (including phenoxy) is 1. The number of ketones is 1. The molecule has 0 saturated carbocycles. The lowest BCUT2D eigenvalue weighted by molar-refractivity contribution is -0.570. The number of rotatable bonds is 3. The highest BCUT2D eigenvalue weighted by molar-refractivity contribution is 7.10. The first-order valence-electron chi connectivity index (χ1n) is 5.18. The molecule has 18 heavy (non-hydrogen) atoms. The molecular formula is C11H10FNO4S. The van der Waals surface area contributed by atoms with Crippen molar-refractivity contribution in [2.75, 3.05) is 0 Å². The summed E-state index contributed by atoms with van der Waals surface area (Å²) in [5.41, 5.74) is 0.179. The number of nitro groups is 1. The predicted octanol–water partition coefficient (Wildman–Crippen LogP) is 2.47. The van der Waals surface area contributed by atoms with Crippen LogP contribution in [-0.4, -0.2) is 16.9 Å². The molecule has 2 heterocycles. The molecule has 0 aliphatic carbocycles. The first-order chi connectivity index (χ1) is 8.43. The molecule has 0 N–H and O–H groups in total. The molecule has 0 spiro atoms. The van der Waals surface area contributed by atoms with Crippen molar-refractivity contribution in [2.24, 2.45) is 0 Å². The molecular weight excluding hydrogens is 261 g/mol. The largest absolute Gasteiger partial charge is 0.434 e. The maximum atomic E-state index is 13.6. The standard InChI is InChI=1S/C11H10FNO4S/c1-5(14)8-6(2)17-11(13(15)16)9(8)10-7(12)3-4-18-10/h3-4,9,11H,1-2H3. The van der Waals surface area contributed by atoms with Gasteiger partial charge in [0.1, 0.15) is 17.5 Å². The van der Waals surface area contributed by atoms with Gasteiger partial charge in [-0.15, -0.1) is 11.3 Å². The van der Waals surface area contributed by atoms with Crippen molar-refractivity contribution in [2.45, 2.75) is 26.0 Å². The van der Waals surface area contributed by atoms with Gasteiger partial charge in [-0.25, -0.2) is 4.39 Å². The van der Waals surface area contributed by atoms with E-state index in [1.165, 1.54) is 25.3 Å². The number of carbonyl (C=O) groups excluding carboxylic acids is 1. The maximum Gasteiger partial charge on any atom is 0.365 e. The summed E-state index contributed by atoms with van der Waals surface area (Å²) < 4.78 is 18.7. The molecule has 2 atom stereocenters. The zero-order valence-electron chi connectivity index (χ0n) is 9.68. The molecule has 96 valence electrons. The van der Waals surface area contributed by atoms with E-state index in [1.807, 2.05) is 0 Å². The van der Waals surface area contributed by atoms with Crippen LogP contribution in [0.25, 0.3) is 0 Å². The number of hydrogen-bond donors (Lipinski definition) is 0. The average Bonchev–Trinajstić information content (AvgIpc) is 2.81. The van der Waals surface area contributed by atoms with E-state index in [9.17, 15) is 19.3 Å². The van der Waals surface area contributed by atoms with Gasteiger partial charge in [-0.3, -0.25) is 14.9 Å². The summed E-state index contributed by atoms with van der Waals surface area (Å²) in [5, 5.41) is 12.5. The number of nitrogens with zero attached hydrogens (tertiary/aromatic N) is 1. The van der Waals surface area contributed by atoms with Crippen molar-refractivity contribution in [3.63, 3.8) is 0 Å². The van der Waals surface area contributed by atoms with Gasteiger partial charge in [0.25, 0.3) is 0 Å². The fraction of sp³-hybridized carbons (Fsp3) is 0.364. The van der Waals surface area contributed by atoms with Crippen LogP contribution in [0.5, 0.6) is 0 Å². The van der Waals surface area contributed by atoms with Crippen LogP contribution < -0.4 is 0 Å². The molecule has 0 aromatic carbocycles. The van der Waals surface area contributed by atoms with E-state index in [-0.39, 0.29) is 22.0 Å². The van der Waals surface area contributed by atoms with E-state index in [1.54, 1.807) is 0 Å². The Bertz CT molecular complexity index is 551. The van der Waals surface area contributed by atoms with E-state index in [4.69, 9.17) is 4.74 Å². The Hall–Kier alpha value is -1.76. The van der Waals surface area contributed by atoms with Gasteiger partial charge in [-0.1, -0.05) is 0 Å². The molecule has 2 unspecified atom stereocenters. The zero-order valence-corrected chi connectivity index (χ0v) is 10.5. The predicted molar refractivity (Wildman–Crippen MR) is 62.3 cm³/mol. The molecule has 0 fully saturated rings. The van der Waals surface area contributed by atoms with Gasteiger partial charge >= 0.3 is 6.23 Å². The summed E-state index contributed by atoms with van der Waals surface area (Å²) in [6, 6.07) is 1.22. The number of thiophene rings is 1. The smallest absolute Gasteiger partial charge is 0.365 e. The molecule has 0 bridgehead atoms. The van der Waals surface area contributed by atoms with Crippen molar-refractivity contribution in [1.29, 1.82) is 0 Å². The lowest BCUT2D eigenvalue weighted by Gasteiger charge is -2.12. The number of halogens is 1. The Morgan fingerprint density at radius 3 is 2.72 bits per heavy atom. The summed E-state index contributed by atoms with van der Waals surface area (Å²) in [5.74, 6) is -1.65. The summed E-state index contributed by atoms with van der Waals surface area (Å²) in [6.07, 6.45) is -1.43. The third-order valence-corrected chi connectivity index (χ3v) is 3.76. The van der Waals surface area contributed by atoms with Crippen LogP contribution >= 0.6 is 11.3 Å². The summed E-state index contributed by atoms with van der Waals surface area (Å²) in [7, 11) is 0. The topological polar surface area (TPSA) is 69.4 Å². The SMILES string of the molecule is CC(=O)C1=C(C)OC([N+](=O)[O-])C1c1sccc1F. The van der Waals surface area contributed by atoms with Crippen LogP contribution in [0.2, 0.25) is 0 Å². The lowest BCUT2D eigenvalue weighted by Crippen LogP contribution is -2.27. The maximum absolute atomic E-state index is 13.6. The van der Waals surface area contributed by atoms with E-state index in [0.29, 0.717) is 0 Å². The highest BCUT2D eigenvalue weighted by Gasteiger charge is 2.47. The molecule has 1 aromatic heterocycles. The van der Waals surface area contributed by atoms with Crippen LogP contribution in [0.1, 0.15) is 24.6 Å². The van der Waals surface area contributed by atoms with Gasteiger partial charge in [0, 0.05) is 0 Å². The van der Waals surface area contributed by atoms with Gasteiger partial charge in [-0.2, -0.15) is 0 Å². The molecule has 1 aliphatic rings. The second-order valence-electron chi connectivity index (χ2n) is 3.93. The number of Topliss-reactive ketones (excluding diaryl/α,β-unsaturated/α-hetero) is 1. The molecule has 0 radical (unpaired) electrons. The fourth-order valence-corrected chi connectivity index (χ4v) is 2.99. The second kappa shape index (κ2) is 4.49. The lowest BCUT2D eigenvalue weighted by atomic mass is 9.94. The van der Waals surface area contributed by atoms with Gasteiger partial charge < -0.3 is 4.74 Å². The number of carbonyl (C=O) groups is 1. The van der Waals surface area contributed by atoms with Crippen LogP contribution in [0.15, 0.2) is 22.8 Å². The Morgan fingerprint density at radius 1 is 1.61 bits per heavy atom. The quantitative estimate of drug-likeness (QED) is 0.625. The van der Waals surface area contributed by atoms with Crippen molar-refractivity contribution in [1.82, 2.24) is 0 Å². The van der Waals surface area contributed by atoms with Gasteiger partial charge in [0.2, 0.25) is 0 Å². The van der Waals surface area contributed by atoms with Crippen molar-refractivity contribution in [3.05, 3.63) is 43.6 Å². The van der Waals surface area contributed by atoms with Crippen molar-refractivity contribution >= 4 is 17.1 Å². The molecule has 1 aliphatic heterocycles. The minimum absolute atomic E-state index is 0.166. The van der Waals surface area contributed by atoms with Crippen LogP contribution in [-0.2, 0) is 9.53 Å². The van der Waals surface area contributed by atoms with Crippen LogP contribution in [0.3, 0.4) is 0 Å². The normalized spacial score (nSPS) is 23.1. The Labute approximate surface area is 106 Å². The van der Waals surface area contributed by atoms with E-state index >= 15 is 0 Å². The van der Waals surface area contributed by atoms with Gasteiger partial charge in [0.15, 0.2) is 5.78 Å². The van der Waals surface area contributed by atoms with E-state index < -0.39 is 22.9 Å². The monoisotopic (exact) mass is 271 g/mol. The molecule has 0 saturated heterocycles.